The van der Waals surface area contributed by atoms with Crippen molar-refractivity contribution in [3.05, 3.63) is 0 Å². The largest absolute Gasteiger partial charge is 0.481 e. The number of carboxylic acids is 3. The first kappa shape index (κ1) is 25.3. The minimum atomic E-state index is -3.56. The molecule has 3 atom stereocenters. The fraction of sp³-hybridized carbons (Fsp3) is 0.500. The zero-order chi connectivity index (χ0) is 22.4. The molecule has 0 unspecified atom stereocenters. The van der Waals surface area contributed by atoms with E-state index in [4.69, 9.17) is 44.1 Å². The number of hydrogen-bond donors (Lipinski definition) is 6. The fourth-order valence-electron chi connectivity index (χ4n) is 2.33. The van der Waals surface area contributed by atoms with Gasteiger partial charge in [-0.3, -0.25) is 33.6 Å². The van der Waals surface area contributed by atoms with Gasteiger partial charge in [-0.15, -0.1) is 0 Å². The van der Waals surface area contributed by atoms with Gasteiger partial charge in [0.05, 0.1) is 37.4 Å². The Bertz CT molecular complexity index is 639. The Labute approximate surface area is 161 Å². The molecule has 0 bridgehead atoms. The standard InChI is InChI=1S/C14H18ClN3O10/c15-13(28)14(10(25)4(16)1-7(19)20,11(26)5(17)2-8(21)22)12(27)6(18)3-9(23)24/h4-6H,1-3,16-18H2,(H,19,20)(H,21,22)(H,23,24)/t4-,5-,6-/m0/s1. The van der Waals surface area contributed by atoms with E-state index >= 15 is 0 Å². The van der Waals surface area contributed by atoms with Crippen molar-refractivity contribution in [3.8, 4) is 0 Å². The van der Waals surface area contributed by atoms with Gasteiger partial charge < -0.3 is 32.5 Å². The van der Waals surface area contributed by atoms with E-state index in [1.807, 2.05) is 0 Å². The van der Waals surface area contributed by atoms with Crippen molar-refractivity contribution < 1.29 is 48.9 Å². The lowest BCUT2D eigenvalue weighted by Crippen LogP contribution is -2.64. The summed E-state index contributed by atoms with van der Waals surface area (Å²) < 4.78 is 0. The second-order valence-electron chi connectivity index (χ2n) is 5.73. The van der Waals surface area contributed by atoms with E-state index in [9.17, 15) is 33.6 Å². The van der Waals surface area contributed by atoms with Crippen LogP contribution in [0.15, 0.2) is 0 Å². The summed E-state index contributed by atoms with van der Waals surface area (Å²) in [5.74, 6) is -10.3. The summed E-state index contributed by atoms with van der Waals surface area (Å²) in [4.78, 5) is 82.4. The number of aliphatic carboxylic acids is 3. The van der Waals surface area contributed by atoms with Crippen LogP contribution in [-0.4, -0.2) is 73.9 Å². The fourth-order valence-corrected chi connectivity index (χ4v) is 2.61. The van der Waals surface area contributed by atoms with Crippen molar-refractivity contribution in [1.82, 2.24) is 0 Å². The highest BCUT2D eigenvalue weighted by Crippen LogP contribution is 2.31. The number of nitrogens with two attached hydrogens (primary N) is 3. The van der Waals surface area contributed by atoms with Crippen LogP contribution < -0.4 is 17.2 Å². The number of hydrogen-bond acceptors (Lipinski definition) is 10. The molecule has 156 valence electrons. The average molecular weight is 424 g/mol. The molecule has 0 aromatic rings. The molecule has 0 fully saturated rings. The van der Waals surface area contributed by atoms with Crippen molar-refractivity contribution in [2.24, 2.45) is 22.6 Å². The molecular formula is C14H18ClN3O10. The Morgan fingerprint density at radius 1 is 0.643 bits per heavy atom. The van der Waals surface area contributed by atoms with Gasteiger partial charge in [0.1, 0.15) is 0 Å². The maximum atomic E-state index is 12.7. The molecule has 13 nitrogen and oxygen atoms in total. The van der Waals surface area contributed by atoms with Crippen LogP contribution in [-0.2, 0) is 33.6 Å². The van der Waals surface area contributed by atoms with Crippen molar-refractivity contribution in [2.75, 3.05) is 0 Å². The number of halogens is 1. The smallest absolute Gasteiger partial charge is 0.305 e. The Morgan fingerprint density at radius 3 is 1.00 bits per heavy atom. The predicted molar refractivity (Wildman–Crippen MR) is 89.0 cm³/mol. The molecule has 0 aromatic carbocycles. The third-order valence-corrected chi connectivity index (χ3v) is 3.88. The topological polar surface area (TPSA) is 258 Å². The van der Waals surface area contributed by atoms with Crippen molar-refractivity contribution in [2.45, 2.75) is 37.4 Å². The van der Waals surface area contributed by atoms with Gasteiger partial charge in [-0.2, -0.15) is 0 Å². The molecule has 0 aliphatic heterocycles. The lowest BCUT2D eigenvalue weighted by atomic mass is 9.69. The average Bonchev–Trinajstić information content (AvgIpc) is 2.52. The zero-order valence-electron chi connectivity index (χ0n) is 14.2. The highest BCUT2D eigenvalue weighted by Gasteiger charge is 2.61. The summed E-state index contributed by atoms with van der Waals surface area (Å²) in [7, 11) is 0. The molecule has 0 saturated heterocycles. The SMILES string of the molecule is N[C@@H](CC(=O)O)C(=O)C(C(=O)Cl)(C(=O)[C@@H](N)CC(=O)O)C(=O)[C@@H](N)CC(=O)O. The summed E-state index contributed by atoms with van der Waals surface area (Å²) in [5, 5.41) is 24.3. The number of ketones is 3. The lowest BCUT2D eigenvalue weighted by Gasteiger charge is -2.31. The van der Waals surface area contributed by atoms with E-state index in [1.165, 1.54) is 0 Å². The predicted octanol–water partition coefficient (Wildman–Crippen LogP) is -3.15. The number of rotatable bonds is 13. The van der Waals surface area contributed by atoms with E-state index in [0.717, 1.165) is 0 Å². The quantitative estimate of drug-likeness (QED) is 0.126. The van der Waals surface area contributed by atoms with Crippen LogP contribution >= 0.6 is 11.6 Å². The van der Waals surface area contributed by atoms with E-state index in [-0.39, 0.29) is 0 Å². The number of carbonyl (C=O) groups is 7. The third kappa shape index (κ3) is 5.63. The number of carbonyl (C=O) groups excluding carboxylic acids is 4. The summed E-state index contributed by atoms with van der Waals surface area (Å²) >= 11 is 5.32. The van der Waals surface area contributed by atoms with Crippen LogP contribution in [0.3, 0.4) is 0 Å². The van der Waals surface area contributed by atoms with Gasteiger partial charge in [-0.1, -0.05) is 0 Å². The van der Waals surface area contributed by atoms with Crippen LogP contribution in [0.4, 0.5) is 0 Å². The summed E-state index contributed by atoms with van der Waals surface area (Å²) in [6, 6.07) is -6.33. The minimum Gasteiger partial charge on any atom is -0.481 e. The zero-order valence-corrected chi connectivity index (χ0v) is 14.9. The Hall–Kier alpha value is -2.74. The third-order valence-electron chi connectivity index (χ3n) is 3.60. The monoisotopic (exact) mass is 423 g/mol. The van der Waals surface area contributed by atoms with Crippen LogP contribution in [0.1, 0.15) is 19.3 Å². The van der Waals surface area contributed by atoms with E-state index in [1.54, 1.807) is 0 Å². The number of carboxylic acid groups (broad SMARTS) is 3. The van der Waals surface area contributed by atoms with Gasteiger partial charge in [0.2, 0.25) is 5.41 Å². The van der Waals surface area contributed by atoms with Crippen LogP contribution in [0.25, 0.3) is 0 Å². The Kier molecular flexibility index (Phi) is 9.01. The summed E-state index contributed by atoms with van der Waals surface area (Å²) in [6.07, 6.45) is -3.39. The minimum absolute atomic E-state index is 1.13. The molecule has 9 N–H and O–H groups in total. The molecule has 0 aromatic heterocycles. The molecule has 28 heavy (non-hydrogen) atoms. The molecule has 0 aliphatic carbocycles. The van der Waals surface area contributed by atoms with Crippen LogP contribution in [0.5, 0.6) is 0 Å². The summed E-state index contributed by atoms with van der Waals surface area (Å²) in [5.41, 5.74) is 12.5. The van der Waals surface area contributed by atoms with Crippen molar-refractivity contribution in [1.29, 1.82) is 0 Å². The maximum Gasteiger partial charge on any atom is 0.305 e. The molecular weight excluding hydrogens is 406 g/mol. The van der Waals surface area contributed by atoms with E-state index < -0.39 is 83.3 Å². The van der Waals surface area contributed by atoms with Crippen LogP contribution in [0.2, 0.25) is 0 Å². The first-order valence-corrected chi connectivity index (χ1v) is 7.82. The lowest BCUT2D eigenvalue weighted by molar-refractivity contribution is -0.157. The second-order valence-corrected chi connectivity index (χ2v) is 6.07. The molecule has 0 radical (unpaired) electrons. The van der Waals surface area contributed by atoms with Gasteiger partial charge >= 0.3 is 17.9 Å². The van der Waals surface area contributed by atoms with Crippen LogP contribution in [0, 0.1) is 5.41 Å². The van der Waals surface area contributed by atoms with Crippen molar-refractivity contribution >= 4 is 52.1 Å². The first-order chi connectivity index (χ1) is 12.7. The van der Waals surface area contributed by atoms with Gasteiger partial charge in [0.15, 0.2) is 17.3 Å². The first-order valence-electron chi connectivity index (χ1n) is 7.44. The number of Topliss-reactive ketones (excluding diaryl/α,β-unsaturated/α-hetero) is 3. The molecule has 0 spiro atoms. The molecule has 0 rings (SSSR count). The normalized spacial score (nSPS) is 14.4. The van der Waals surface area contributed by atoms with Gasteiger partial charge in [0, 0.05) is 0 Å². The van der Waals surface area contributed by atoms with Gasteiger partial charge in [-0.05, 0) is 11.6 Å². The molecule has 0 heterocycles. The Morgan fingerprint density at radius 2 is 0.857 bits per heavy atom. The van der Waals surface area contributed by atoms with E-state index in [2.05, 4.69) is 0 Å². The second kappa shape index (κ2) is 9.98. The van der Waals surface area contributed by atoms with E-state index in [0.29, 0.717) is 0 Å². The molecule has 14 heteroatoms. The highest BCUT2D eigenvalue weighted by molar-refractivity contribution is 6.72. The molecule has 0 aliphatic rings. The van der Waals surface area contributed by atoms with Crippen molar-refractivity contribution in [3.63, 3.8) is 0 Å². The highest BCUT2D eigenvalue weighted by atomic mass is 35.5. The summed E-state index contributed by atoms with van der Waals surface area (Å²) in [6.45, 7) is 0. The van der Waals surface area contributed by atoms with Gasteiger partial charge in [0.25, 0.3) is 5.24 Å². The Balaban J connectivity index is 6.54. The molecule has 0 amide bonds. The maximum absolute atomic E-state index is 12.7. The molecule has 0 saturated carbocycles. The van der Waals surface area contributed by atoms with Gasteiger partial charge in [-0.25, -0.2) is 0 Å².